The van der Waals surface area contributed by atoms with Crippen LogP contribution in [0.3, 0.4) is 0 Å². The van der Waals surface area contributed by atoms with Crippen LogP contribution in [0.5, 0.6) is 0 Å². The Labute approximate surface area is 199 Å². The van der Waals surface area contributed by atoms with Crippen LogP contribution in [0.1, 0.15) is 46.3 Å². The van der Waals surface area contributed by atoms with Gasteiger partial charge in [-0.05, 0) is 75.2 Å². The normalized spacial score (nSPS) is 16.1. The first kappa shape index (κ1) is 23.6. The first-order valence-electron chi connectivity index (χ1n) is 11.8. The molecule has 0 bridgehead atoms. The topological polar surface area (TPSA) is 41.4 Å². The fourth-order valence-corrected chi connectivity index (χ4v) is 5.55. The highest BCUT2D eigenvalue weighted by molar-refractivity contribution is 7.12. The molecule has 1 aromatic carbocycles. The van der Waals surface area contributed by atoms with Crippen molar-refractivity contribution in [3.05, 3.63) is 75.5 Å². The van der Waals surface area contributed by atoms with Gasteiger partial charge in [0.2, 0.25) is 0 Å². The maximum atomic E-state index is 14.5. The number of rotatable bonds is 8. The molecule has 1 aliphatic heterocycles. The van der Waals surface area contributed by atoms with Gasteiger partial charge in [-0.3, -0.25) is 14.4 Å². The van der Waals surface area contributed by atoms with E-state index in [1.54, 1.807) is 6.07 Å². The van der Waals surface area contributed by atoms with Gasteiger partial charge in [0.05, 0.1) is 10.6 Å². The smallest absolute Gasteiger partial charge is 0.263 e. The molecule has 3 heterocycles. The highest BCUT2D eigenvalue weighted by Crippen LogP contribution is 2.29. The highest BCUT2D eigenvalue weighted by atomic mass is 32.1. The molecule has 0 unspecified atom stereocenters. The third kappa shape index (κ3) is 5.53. The van der Waals surface area contributed by atoms with E-state index in [2.05, 4.69) is 30.0 Å². The maximum Gasteiger partial charge on any atom is 0.263 e. The van der Waals surface area contributed by atoms with E-state index in [4.69, 9.17) is 0 Å². The van der Waals surface area contributed by atoms with Crippen LogP contribution in [0.15, 0.2) is 48.0 Å². The number of amides is 1. The third-order valence-electron chi connectivity index (χ3n) is 6.88. The molecule has 1 fully saturated rings. The lowest BCUT2D eigenvalue weighted by Gasteiger charge is -2.40. The lowest BCUT2D eigenvalue weighted by Crippen LogP contribution is -2.47. The van der Waals surface area contributed by atoms with Crippen LogP contribution in [0.2, 0.25) is 0 Å². The maximum absolute atomic E-state index is 14.5. The van der Waals surface area contributed by atoms with E-state index in [1.165, 1.54) is 23.0 Å². The number of halogens is 1. The van der Waals surface area contributed by atoms with Crippen LogP contribution in [0.25, 0.3) is 0 Å². The fraction of sp³-hybridized carbons (Fsp3) is 0.462. The van der Waals surface area contributed by atoms with Gasteiger partial charge in [-0.1, -0.05) is 24.3 Å². The highest BCUT2D eigenvalue weighted by Gasteiger charge is 2.33. The Bertz CT molecular complexity index is 1060. The summed E-state index contributed by atoms with van der Waals surface area (Å²) in [6, 6.07) is 10.7. The average molecular weight is 469 g/mol. The van der Waals surface area contributed by atoms with Crippen molar-refractivity contribution in [2.45, 2.75) is 52.2 Å². The summed E-state index contributed by atoms with van der Waals surface area (Å²) in [6.45, 7) is 7.90. The van der Waals surface area contributed by atoms with E-state index in [0.717, 1.165) is 49.6 Å². The summed E-state index contributed by atoms with van der Waals surface area (Å²) in [5.41, 5.74) is 3.05. The van der Waals surface area contributed by atoms with Crippen molar-refractivity contribution in [2.75, 3.05) is 20.1 Å². The number of hydrogen-bond donors (Lipinski definition) is 0. The Hall–Kier alpha value is -2.51. The van der Waals surface area contributed by atoms with Crippen molar-refractivity contribution in [3.63, 3.8) is 0 Å². The number of benzene rings is 1. The first-order valence-corrected chi connectivity index (χ1v) is 12.6. The molecule has 7 heteroatoms. The molecule has 33 heavy (non-hydrogen) atoms. The van der Waals surface area contributed by atoms with E-state index < -0.39 is 0 Å². The van der Waals surface area contributed by atoms with E-state index in [1.807, 2.05) is 46.3 Å². The summed E-state index contributed by atoms with van der Waals surface area (Å²) in [5.74, 6) is 0.158. The Balaban J connectivity index is 1.47. The van der Waals surface area contributed by atoms with Crippen molar-refractivity contribution < 1.29 is 9.18 Å². The minimum absolute atomic E-state index is 0.0244. The standard InChI is InChI=1S/C26H33FN4OS/c1-4-31-18-22(19(2)28-31)17-30-13-11-20(12-14-30)24(16-21-8-5-6-9-23(21)27)29(3)26(32)25-10-7-15-33-25/h5-10,15,18,20,24H,4,11-14,16-17H2,1-3H3/t24-/m1/s1. The lowest BCUT2D eigenvalue weighted by molar-refractivity contribution is 0.0587. The predicted molar refractivity (Wildman–Crippen MR) is 131 cm³/mol. The van der Waals surface area contributed by atoms with Crippen LogP contribution >= 0.6 is 11.3 Å². The number of thiophene rings is 1. The number of likely N-dealkylation sites (N-methyl/N-ethyl adjacent to an activating group) is 1. The molecule has 3 aromatic rings. The van der Waals surface area contributed by atoms with Gasteiger partial charge in [-0.15, -0.1) is 11.3 Å². The summed E-state index contributed by atoms with van der Waals surface area (Å²) in [5, 5.41) is 6.50. The molecule has 0 saturated carbocycles. The summed E-state index contributed by atoms with van der Waals surface area (Å²) in [4.78, 5) is 18.2. The molecule has 1 saturated heterocycles. The zero-order chi connectivity index (χ0) is 23.4. The minimum Gasteiger partial charge on any atom is -0.337 e. The van der Waals surface area contributed by atoms with Crippen LogP contribution in [0.4, 0.5) is 4.39 Å². The number of piperidine rings is 1. The molecular formula is C26H33FN4OS. The predicted octanol–water partition coefficient (Wildman–Crippen LogP) is 5.01. The molecule has 1 aliphatic rings. The summed E-state index contributed by atoms with van der Waals surface area (Å²) < 4.78 is 16.5. The molecule has 2 aromatic heterocycles. The zero-order valence-electron chi connectivity index (χ0n) is 19.7. The number of hydrogen-bond acceptors (Lipinski definition) is 4. The SMILES string of the molecule is CCn1cc(CN2CCC([C@@H](Cc3ccccc3F)N(C)C(=O)c3cccs3)CC2)c(C)n1. The Morgan fingerprint density at radius 2 is 1.97 bits per heavy atom. The number of nitrogens with zero attached hydrogens (tertiary/aromatic N) is 4. The number of likely N-dealkylation sites (tertiary alicyclic amines) is 1. The Kier molecular flexibility index (Phi) is 7.60. The van der Waals surface area contributed by atoms with E-state index in [0.29, 0.717) is 17.9 Å². The molecule has 0 aliphatic carbocycles. The Morgan fingerprint density at radius 1 is 1.21 bits per heavy atom. The molecule has 0 radical (unpaired) electrons. The molecule has 1 atom stereocenters. The number of aryl methyl sites for hydroxylation is 2. The number of aromatic nitrogens is 2. The molecule has 0 N–H and O–H groups in total. The van der Waals surface area contributed by atoms with Crippen molar-refractivity contribution in [3.8, 4) is 0 Å². The van der Waals surface area contributed by atoms with Gasteiger partial charge in [0.25, 0.3) is 5.91 Å². The number of carbonyl (C=O) groups is 1. The zero-order valence-corrected chi connectivity index (χ0v) is 20.5. The van der Waals surface area contributed by atoms with Gasteiger partial charge in [0.1, 0.15) is 5.82 Å². The van der Waals surface area contributed by atoms with Gasteiger partial charge in [-0.2, -0.15) is 5.10 Å². The van der Waals surface area contributed by atoms with Crippen molar-refractivity contribution >= 4 is 17.2 Å². The monoisotopic (exact) mass is 468 g/mol. The number of carbonyl (C=O) groups excluding carboxylic acids is 1. The van der Waals surface area contributed by atoms with E-state index in [-0.39, 0.29) is 17.8 Å². The lowest BCUT2D eigenvalue weighted by atomic mass is 9.84. The first-order chi connectivity index (χ1) is 16.0. The quantitative estimate of drug-likeness (QED) is 0.467. The molecular weight excluding hydrogens is 435 g/mol. The fourth-order valence-electron chi connectivity index (χ4n) is 4.85. The van der Waals surface area contributed by atoms with Gasteiger partial charge in [0, 0.05) is 37.9 Å². The van der Waals surface area contributed by atoms with Crippen molar-refractivity contribution in [2.24, 2.45) is 5.92 Å². The van der Waals surface area contributed by atoms with Gasteiger partial charge < -0.3 is 4.90 Å². The van der Waals surface area contributed by atoms with Crippen LogP contribution in [-0.4, -0.2) is 51.7 Å². The van der Waals surface area contributed by atoms with Gasteiger partial charge >= 0.3 is 0 Å². The van der Waals surface area contributed by atoms with E-state index in [9.17, 15) is 9.18 Å². The second-order valence-corrected chi connectivity index (χ2v) is 9.91. The molecule has 176 valence electrons. The van der Waals surface area contributed by atoms with Crippen molar-refractivity contribution in [1.29, 1.82) is 0 Å². The van der Waals surface area contributed by atoms with Crippen LogP contribution < -0.4 is 0 Å². The molecule has 4 rings (SSSR count). The minimum atomic E-state index is -0.194. The van der Waals surface area contributed by atoms with Gasteiger partial charge in [-0.25, -0.2) is 4.39 Å². The van der Waals surface area contributed by atoms with Crippen LogP contribution in [-0.2, 0) is 19.5 Å². The largest absolute Gasteiger partial charge is 0.337 e. The average Bonchev–Trinajstić information content (AvgIpc) is 3.48. The molecule has 5 nitrogen and oxygen atoms in total. The second-order valence-electron chi connectivity index (χ2n) is 8.97. The van der Waals surface area contributed by atoms with E-state index >= 15 is 0 Å². The van der Waals surface area contributed by atoms with Crippen LogP contribution in [0, 0.1) is 18.7 Å². The summed E-state index contributed by atoms with van der Waals surface area (Å²) in [7, 11) is 1.88. The molecule has 1 amide bonds. The van der Waals surface area contributed by atoms with Gasteiger partial charge in [0.15, 0.2) is 0 Å². The summed E-state index contributed by atoms with van der Waals surface area (Å²) >= 11 is 1.46. The third-order valence-corrected chi connectivity index (χ3v) is 7.74. The second kappa shape index (κ2) is 10.6. The Morgan fingerprint density at radius 3 is 2.61 bits per heavy atom. The summed E-state index contributed by atoms with van der Waals surface area (Å²) in [6.07, 6.45) is 4.66. The van der Waals surface area contributed by atoms with Crippen molar-refractivity contribution in [1.82, 2.24) is 19.6 Å². The molecule has 0 spiro atoms.